The van der Waals surface area contributed by atoms with Crippen LogP contribution in [-0.2, 0) is 0 Å². The number of rotatable bonds is 3. The third-order valence-corrected chi connectivity index (χ3v) is 2.50. The molecule has 16 heavy (non-hydrogen) atoms. The van der Waals surface area contributed by atoms with Gasteiger partial charge < -0.3 is 15.3 Å². The molecular formula is C12H13NO3. The lowest BCUT2D eigenvalue weighted by atomic mass is 10.0. The lowest BCUT2D eigenvalue weighted by molar-refractivity contribution is -0.0153. The Balaban J connectivity index is 2.39. The van der Waals surface area contributed by atoms with Gasteiger partial charge in [0.05, 0.1) is 12.1 Å². The Morgan fingerprint density at radius 1 is 1.19 bits per heavy atom. The number of para-hydroxylation sites is 1. The van der Waals surface area contributed by atoms with Crippen molar-refractivity contribution in [2.24, 2.45) is 0 Å². The Hall–Kier alpha value is -1.49. The van der Waals surface area contributed by atoms with E-state index in [0.717, 1.165) is 10.9 Å². The Morgan fingerprint density at radius 3 is 2.69 bits per heavy atom. The van der Waals surface area contributed by atoms with Gasteiger partial charge in [-0.3, -0.25) is 4.98 Å². The number of pyridine rings is 1. The lowest BCUT2D eigenvalue weighted by Gasteiger charge is -2.15. The molecule has 0 fully saturated rings. The maximum atomic E-state index is 9.70. The molecule has 4 heteroatoms. The van der Waals surface area contributed by atoms with Crippen LogP contribution in [0.1, 0.15) is 11.7 Å². The minimum absolute atomic E-state index is 0.478. The molecule has 0 aliphatic carbocycles. The number of aliphatic hydroxyl groups is 3. The third kappa shape index (κ3) is 2.04. The molecule has 2 aromatic rings. The van der Waals surface area contributed by atoms with E-state index in [0.29, 0.717) is 5.56 Å². The van der Waals surface area contributed by atoms with Gasteiger partial charge in [-0.1, -0.05) is 18.2 Å². The fraction of sp³-hybridized carbons (Fsp3) is 0.250. The number of nitrogens with zero attached hydrogens (tertiary/aromatic N) is 1. The topological polar surface area (TPSA) is 73.6 Å². The van der Waals surface area contributed by atoms with Crippen LogP contribution in [0.25, 0.3) is 10.9 Å². The highest BCUT2D eigenvalue weighted by atomic mass is 16.4. The summed E-state index contributed by atoms with van der Waals surface area (Å²) in [5.74, 6) is 0. The van der Waals surface area contributed by atoms with Gasteiger partial charge in [-0.25, -0.2) is 0 Å². The molecular weight excluding hydrogens is 206 g/mol. The number of fused-ring (bicyclic) bond motifs is 1. The van der Waals surface area contributed by atoms with Crippen molar-refractivity contribution < 1.29 is 15.3 Å². The van der Waals surface area contributed by atoms with Gasteiger partial charge in [-0.2, -0.15) is 0 Å². The first kappa shape index (κ1) is 11.0. The van der Waals surface area contributed by atoms with E-state index >= 15 is 0 Å². The second-order valence-electron chi connectivity index (χ2n) is 3.66. The average Bonchev–Trinajstić information content (AvgIpc) is 2.36. The summed E-state index contributed by atoms with van der Waals surface area (Å²) in [5, 5.41) is 28.7. The van der Waals surface area contributed by atoms with Crippen LogP contribution in [0.2, 0.25) is 0 Å². The van der Waals surface area contributed by atoms with Crippen LogP contribution in [0.4, 0.5) is 0 Å². The molecule has 2 unspecified atom stereocenters. The summed E-state index contributed by atoms with van der Waals surface area (Å²) in [6.45, 7) is -0.478. The van der Waals surface area contributed by atoms with Crippen LogP contribution in [0, 0.1) is 0 Å². The van der Waals surface area contributed by atoms with Gasteiger partial charge in [0.2, 0.25) is 0 Å². The van der Waals surface area contributed by atoms with Crippen molar-refractivity contribution >= 4 is 10.9 Å². The van der Waals surface area contributed by atoms with Crippen LogP contribution in [0.15, 0.2) is 36.5 Å². The first-order valence-electron chi connectivity index (χ1n) is 5.04. The van der Waals surface area contributed by atoms with Crippen molar-refractivity contribution in [3.05, 3.63) is 42.1 Å². The largest absolute Gasteiger partial charge is 0.394 e. The molecule has 84 valence electrons. The zero-order valence-electron chi connectivity index (χ0n) is 8.61. The Labute approximate surface area is 92.8 Å². The predicted octanol–water partition coefficient (Wildman–Crippen LogP) is 0.621. The molecule has 0 amide bonds. The number of hydrogen-bond acceptors (Lipinski definition) is 4. The third-order valence-electron chi connectivity index (χ3n) is 2.50. The normalized spacial score (nSPS) is 14.9. The molecule has 1 aromatic carbocycles. The first-order chi connectivity index (χ1) is 7.72. The molecule has 2 atom stereocenters. The van der Waals surface area contributed by atoms with Crippen molar-refractivity contribution in [1.82, 2.24) is 4.98 Å². The van der Waals surface area contributed by atoms with Gasteiger partial charge in [0.1, 0.15) is 12.2 Å². The van der Waals surface area contributed by atoms with E-state index in [1.807, 2.05) is 24.3 Å². The molecule has 0 aliphatic heterocycles. The Kier molecular flexibility index (Phi) is 3.14. The van der Waals surface area contributed by atoms with Gasteiger partial charge >= 0.3 is 0 Å². The van der Waals surface area contributed by atoms with Crippen LogP contribution in [0.5, 0.6) is 0 Å². The maximum absolute atomic E-state index is 9.70. The van der Waals surface area contributed by atoms with E-state index in [2.05, 4.69) is 4.98 Å². The number of aliphatic hydroxyl groups excluding tert-OH is 3. The molecule has 0 aliphatic rings. The van der Waals surface area contributed by atoms with Gasteiger partial charge in [0.25, 0.3) is 0 Å². The van der Waals surface area contributed by atoms with E-state index in [-0.39, 0.29) is 0 Å². The molecule has 0 spiro atoms. The van der Waals surface area contributed by atoms with Crippen LogP contribution in [-0.4, -0.2) is 33.0 Å². The predicted molar refractivity (Wildman–Crippen MR) is 59.8 cm³/mol. The zero-order chi connectivity index (χ0) is 11.5. The second-order valence-corrected chi connectivity index (χ2v) is 3.66. The van der Waals surface area contributed by atoms with Crippen molar-refractivity contribution in [3.63, 3.8) is 0 Å². The molecule has 3 N–H and O–H groups in total. The second kappa shape index (κ2) is 4.57. The quantitative estimate of drug-likeness (QED) is 0.707. The van der Waals surface area contributed by atoms with E-state index in [9.17, 15) is 10.2 Å². The van der Waals surface area contributed by atoms with Crippen LogP contribution >= 0.6 is 0 Å². The SMILES string of the molecule is OCC(O)C(O)c1cnc2ccccc2c1. The molecule has 1 aromatic heterocycles. The number of hydrogen-bond donors (Lipinski definition) is 3. The van der Waals surface area contributed by atoms with Crippen LogP contribution in [0.3, 0.4) is 0 Å². The molecule has 0 saturated heterocycles. The summed E-state index contributed by atoms with van der Waals surface area (Å²) in [6, 6.07) is 9.26. The summed E-state index contributed by atoms with van der Waals surface area (Å²) < 4.78 is 0. The van der Waals surface area contributed by atoms with Crippen molar-refractivity contribution in [1.29, 1.82) is 0 Å². The highest BCUT2D eigenvalue weighted by molar-refractivity contribution is 5.78. The Morgan fingerprint density at radius 2 is 1.94 bits per heavy atom. The highest BCUT2D eigenvalue weighted by Crippen LogP contribution is 2.20. The number of benzene rings is 1. The molecule has 1 heterocycles. The summed E-state index contributed by atoms with van der Waals surface area (Å²) in [4.78, 5) is 4.17. The minimum Gasteiger partial charge on any atom is -0.394 e. The fourth-order valence-electron chi connectivity index (χ4n) is 1.57. The van der Waals surface area contributed by atoms with Gasteiger partial charge in [-0.05, 0) is 12.1 Å². The van der Waals surface area contributed by atoms with E-state index in [4.69, 9.17) is 5.11 Å². The molecule has 0 bridgehead atoms. The van der Waals surface area contributed by atoms with E-state index < -0.39 is 18.8 Å². The van der Waals surface area contributed by atoms with Gasteiger partial charge in [0, 0.05) is 17.1 Å². The summed E-state index contributed by atoms with van der Waals surface area (Å²) in [6.07, 6.45) is -0.781. The summed E-state index contributed by atoms with van der Waals surface area (Å²) in [7, 11) is 0. The van der Waals surface area contributed by atoms with Crippen molar-refractivity contribution in [2.45, 2.75) is 12.2 Å². The summed E-state index contributed by atoms with van der Waals surface area (Å²) >= 11 is 0. The maximum Gasteiger partial charge on any atom is 0.109 e. The van der Waals surface area contributed by atoms with E-state index in [1.54, 1.807) is 6.07 Å². The van der Waals surface area contributed by atoms with Crippen molar-refractivity contribution in [2.75, 3.05) is 6.61 Å². The smallest absolute Gasteiger partial charge is 0.109 e. The molecule has 4 nitrogen and oxygen atoms in total. The molecule has 0 radical (unpaired) electrons. The Bertz CT molecular complexity index is 486. The molecule has 2 rings (SSSR count). The summed E-state index contributed by atoms with van der Waals surface area (Å²) in [5.41, 5.74) is 1.33. The first-order valence-corrected chi connectivity index (χ1v) is 5.04. The minimum atomic E-state index is -1.18. The lowest BCUT2D eigenvalue weighted by Crippen LogP contribution is -2.22. The number of aromatic nitrogens is 1. The van der Waals surface area contributed by atoms with E-state index in [1.165, 1.54) is 6.20 Å². The fourth-order valence-corrected chi connectivity index (χ4v) is 1.57. The van der Waals surface area contributed by atoms with Gasteiger partial charge in [-0.15, -0.1) is 0 Å². The molecule has 0 saturated carbocycles. The highest BCUT2D eigenvalue weighted by Gasteiger charge is 2.17. The van der Waals surface area contributed by atoms with Gasteiger partial charge in [0.15, 0.2) is 0 Å². The van der Waals surface area contributed by atoms with Crippen LogP contribution < -0.4 is 0 Å². The monoisotopic (exact) mass is 219 g/mol. The standard InChI is InChI=1S/C12H13NO3/c14-7-11(15)12(16)9-5-8-3-1-2-4-10(8)13-6-9/h1-6,11-12,14-16H,7H2. The van der Waals surface area contributed by atoms with Crippen molar-refractivity contribution in [3.8, 4) is 0 Å². The average molecular weight is 219 g/mol. The zero-order valence-corrected chi connectivity index (χ0v) is 8.61.